The number of benzene rings is 2. The minimum atomic E-state index is -4.60. The van der Waals surface area contributed by atoms with E-state index in [2.05, 4.69) is 10.2 Å². The Morgan fingerprint density at radius 3 is 2.40 bits per heavy atom. The summed E-state index contributed by atoms with van der Waals surface area (Å²) in [5.41, 5.74) is 1.52. The van der Waals surface area contributed by atoms with Gasteiger partial charge in [0.15, 0.2) is 0 Å². The summed E-state index contributed by atoms with van der Waals surface area (Å²) in [5, 5.41) is 2.99. The molecule has 4 rings (SSSR count). The maximum absolute atomic E-state index is 12.6. The van der Waals surface area contributed by atoms with E-state index in [1.807, 2.05) is 24.3 Å². The number of carbonyl (C=O) groups excluding carboxylic acids is 1. The Balaban J connectivity index is 1.29. The van der Waals surface area contributed by atoms with Crippen molar-refractivity contribution in [2.24, 2.45) is 0 Å². The molecule has 1 spiro atoms. The van der Waals surface area contributed by atoms with Crippen molar-refractivity contribution in [1.29, 1.82) is 0 Å². The number of alkyl halides is 2. The zero-order valence-corrected chi connectivity index (χ0v) is 17.0. The molecule has 9 heteroatoms. The largest absolute Gasteiger partial charge is 0.492 e. The van der Waals surface area contributed by atoms with E-state index < -0.39 is 25.9 Å². The Morgan fingerprint density at radius 2 is 1.73 bits per heavy atom. The van der Waals surface area contributed by atoms with Crippen molar-refractivity contribution >= 4 is 21.4 Å². The Kier molecular flexibility index (Phi) is 5.50. The van der Waals surface area contributed by atoms with Gasteiger partial charge in [0.05, 0.1) is 10.3 Å². The molecule has 0 atom stereocenters. The third kappa shape index (κ3) is 3.67. The van der Waals surface area contributed by atoms with Crippen LogP contribution >= 0.6 is 0 Å². The highest BCUT2D eigenvalue weighted by Crippen LogP contribution is 2.44. The fourth-order valence-electron chi connectivity index (χ4n) is 4.15. The van der Waals surface area contributed by atoms with E-state index in [0.29, 0.717) is 18.9 Å². The number of fused-ring (bicyclic) bond motifs is 2. The smallest absolute Gasteiger partial charge is 0.341 e. The lowest BCUT2D eigenvalue weighted by atomic mass is 9.74. The molecule has 0 aromatic heterocycles. The number of likely N-dealkylation sites (tertiary alicyclic amines) is 1. The van der Waals surface area contributed by atoms with E-state index >= 15 is 0 Å². The first-order valence-corrected chi connectivity index (χ1v) is 11.3. The number of rotatable bonds is 6. The van der Waals surface area contributed by atoms with Crippen LogP contribution in [0.5, 0.6) is 5.75 Å². The van der Waals surface area contributed by atoms with E-state index in [-0.39, 0.29) is 5.91 Å². The quantitative estimate of drug-likeness (QED) is 0.753. The summed E-state index contributed by atoms with van der Waals surface area (Å²) in [6.45, 7) is 2.54. The molecule has 2 aliphatic rings. The summed E-state index contributed by atoms with van der Waals surface area (Å²) in [4.78, 5) is 14.4. The van der Waals surface area contributed by atoms with Crippen LogP contribution in [0.3, 0.4) is 0 Å². The van der Waals surface area contributed by atoms with Crippen molar-refractivity contribution in [3.8, 4) is 5.75 Å². The van der Waals surface area contributed by atoms with Crippen LogP contribution < -0.4 is 10.1 Å². The third-order valence-corrected chi connectivity index (χ3v) is 7.30. The molecule has 0 bridgehead atoms. The topological polar surface area (TPSA) is 75.7 Å². The zero-order chi connectivity index (χ0) is 21.4. The Morgan fingerprint density at radius 1 is 1.07 bits per heavy atom. The lowest BCUT2D eigenvalue weighted by molar-refractivity contribution is -0.122. The SMILES string of the molecule is O=C1Nc2ccccc2C12CCN(CCOc1ccc(S(=O)(=O)C(F)F)cc1)CC2. The molecule has 2 aromatic carbocycles. The van der Waals surface area contributed by atoms with Gasteiger partial charge in [-0.05, 0) is 61.8 Å². The van der Waals surface area contributed by atoms with Crippen LogP contribution in [0.2, 0.25) is 0 Å². The summed E-state index contributed by atoms with van der Waals surface area (Å²) in [7, 11) is -4.60. The van der Waals surface area contributed by atoms with Gasteiger partial charge in [-0.1, -0.05) is 18.2 Å². The number of piperidine rings is 1. The average molecular weight is 436 g/mol. The van der Waals surface area contributed by atoms with Crippen LogP contribution in [0, 0.1) is 0 Å². The van der Waals surface area contributed by atoms with Crippen molar-refractivity contribution in [3.05, 3.63) is 54.1 Å². The summed E-state index contributed by atoms with van der Waals surface area (Å²) in [5.74, 6) is -2.96. The van der Waals surface area contributed by atoms with E-state index in [0.717, 1.165) is 49.3 Å². The van der Waals surface area contributed by atoms with Crippen LogP contribution in [0.4, 0.5) is 14.5 Å². The molecule has 1 saturated heterocycles. The molecule has 0 unspecified atom stereocenters. The number of hydrogen-bond acceptors (Lipinski definition) is 5. The molecule has 30 heavy (non-hydrogen) atoms. The van der Waals surface area contributed by atoms with Gasteiger partial charge in [0.25, 0.3) is 0 Å². The highest BCUT2D eigenvalue weighted by atomic mass is 32.2. The standard InChI is InChI=1S/C21H22F2N2O4S/c22-20(23)30(27,28)16-7-5-15(6-8-16)29-14-13-25-11-9-21(10-12-25)17-3-1-2-4-18(17)24-19(21)26/h1-8,20H,9-14H2,(H,24,26). The van der Waals surface area contributed by atoms with Crippen LogP contribution in [0.1, 0.15) is 18.4 Å². The van der Waals surface area contributed by atoms with Crippen LogP contribution in [0.25, 0.3) is 0 Å². The minimum Gasteiger partial charge on any atom is -0.492 e. The number of sulfone groups is 1. The van der Waals surface area contributed by atoms with Crippen molar-refractivity contribution < 1.29 is 26.7 Å². The number of amides is 1. The molecule has 6 nitrogen and oxygen atoms in total. The highest BCUT2D eigenvalue weighted by molar-refractivity contribution is 7.91. The van der Waals surface area contributed by atoms with Gasteiger partial charge in [-0.15, -0.1) is 0 Å². The van der Waals surface area contributed by atoms with E-state index in [4.69, 9.17) is 4.74 Å². The maximum atomic E-state index is 12.6. The van der Waals surface area contributed by atoms with Gasteiger partial charge in [0.1, 0.15) is 12.4 Å². The second kappa shape index (κ2) is 7.96. The molecule has 0 aliphatic carbocycles. The van der Waals surface area contributed by atoms with Gasteiger partial charge in [-0.25, -0.2) is 8.42 Å². The molecule has 1 amide bonds. The van der Waals surface area contributed by atoms with Gasteiger partial charge in [-0.2, -0.15) is 8.78 Å². The zero-order valence-electron chi connectivity index (χ0n) is 16.2. The number of anilines is 1. The number of halogens is 2. The molecule has 1 N–H and O–H groups in total. The number of para-hydroxylation sites is 1. The van der Waals surface area contributed by atoms with E-state index in [9.17, 15) is 22.0 Å². The van der Waals surface area contributed by atoms with Crippen LogP contribution in [-0.2, 0) is 20.0 Å². The van der Waals surface area contributed by atoms with Crippen molar-refractivity contribution in [1.82, 2.24) is 4.90 Å². The summed E-state index contributed by atoms with van der Waals surface area (Å²) in [6, 6.07) is 12.8. The molecule has 2 aliphatic heterocycles. The first kappa shape index (κ1) is 20.7. The van der Waals surface area contributed by atoms with Crippen molar-refractivity contribution in [2.45, 2.75) is 28.9 Å². The number of ether oxygens (including phenoxy) is 1. The lowest BCUT2D eigenvalue weighted by Crippen LogP contribution is -2.47. The van der Waals surface area contributed by atoms with Gasteiger partial charge in [0, 0.05) is 12.2 Å². The monoisotopic (exact) mass is 436 g/mol. The fourth-order valence-corrected chi connectivity index (χ4v) is 4.87. The Bertz CT molecular complexity index is 1030. The van der Waals surface area contributed by atoms with Gasteiger partial charge in [0.2, 0.25) is 15.7 Å². The van der Waals surface area contributed by atoms with Crippen molar-refractivity contribution in [3.63, 3.8) is 0 Å². The molecule has 0 radical (unpaired) electrons. The molecule has 2 aromatic rings. The van der Waals surface area contributed by atoms with Gasteiger partial charge >= 0.3 is 5.76 Å². The first-order valence-electron chi connectivity index (χ1n) is 9.71. The molecule has 2 heterocycles. The summed E-state index contributed by atoms with van der Waals surface area (Å²) >= 11 is 0. The normalized spacial score (nSPS) is 18.4. The lowest BCUT2D eigenvalue weighted by Gasteiger charge is -2.37. The van der Waals surface area contributed by atoms with E-state index in [1.54, 1.807) is 0 Å². The Labute approximate surface area is 173 Å². The minimum absolute atomic E-state index is 0.0680. The summed E-state index contributed by atoms with van der Waals surface area (Å²) < 4.78 is 53.7. The molecular weight excluding hydrogens is 414 g/mol. The molecule has 1 fully saturated rings. The third-order valence-electron chi connectivity index (χ3n) is 5.90. The number of hydrogen-bond donors (Lipinski definition) is 1. The van der Waals surface area contributed by atoms with Gasteiger partial charge in [-0.3, -0.25) is 9.69 Å². The predicted octanol–water partition coefficient (Wildman–Crippen LogP) is 3.05. The van der Waals surface area contributed by atoms with Gasteiger partial charge < -0.3 is 10.1 Å². The number of carbonyl (C=O) groups is 1. The average Bonchev–Trinajstić information content (AvgIpc) is 3.01. The predicted molar refractivity (Wildman–Crippen MR) is 108 cm³/mol. The second-order valence-corrected chi connectivity index (χ2v) is 9.47. The summed E-state index contributed by atoms with van der Waals surface area (Å²) in [6.07, 6.45) is 1.46. The second-order valence-electron chi connectivity index (χ2n) is 7.55. The number of nitrogens with one attached hydrogen (secondary N) is 1. The fraction of sp³-hybridized carbons (Fsp3) is 0.381. The molecular formula is C21H22F2N2O4S. The molecule has 160 valence electrons. The Hall–Kier alpha value is -2.52. The van der Waals surface area contributed by atoms with Crippen molar-refractivity contribution in [2.75, 3.05) is 31.6 Å². The van der Waals surface area contributed by atoms with Crippen LogP contribution in [0.15, 0.2) is 53.4 Å². The molecule has 0 saturated carbocycles. The maximum Gasteiger partial charge on any atom is 0.341 e. The highest BCUT2D eigenvalue weighted by Gasteiger charge is 2.48. The number of nitrogens with zero attached hydrogens (tertiary/aromatic N) is 1. The first-order chi connectivity index (χ1) is 14.3. The van der Waals surface area contributed by atoms with E-state index in [1.165, 1.54) is 12.1 Å². The van der Waals surface area contributed by atoms with Crippen LogP contribution in [-0.4, -0.2) is 51.2 Å².